The predicted molar refractivity (Wildman–Crippen MR) is 54.4 cm³/mol. The fourth-order valence-electron chi connectivity index (χ4n) is 1.28. The molecule has 0 bridgehead atoms. The van der Waals surface area contributed by atoms with Gasteiger partial charge in [-0.2, -0.15) is 0 Å². The van der Waals surface area contributed by atoms with E-state index in [0.29, 0.717) is 17.6 Å². The number of carboxylic acid groups (broad SMARTS) is 1. The minimum Gasteiger partial charge on any atom is -0.481 e. The van der Waals surface area contributed by atoms with E-state index < -0.39 is 12.6 Å². The summed E-state index contributed by atoms with van der Waals surface area (Å²) < 4.78 is 5.07. The average Bonchev–Trinajstić information content (AvgIpc) is 2.19. The largest absolute Gasteiger partial charge is 0.481 e. The van der Waals surface area contributed by atoms with Crippen LogP contribution < -0.4 is 4.74 Å². The molecule has 1 rings (SSSR count). The highest BCUT2D eigenvalue weighted by Gasteiger charge is 2.10. The van der Waals surface area contributed by atoms with Crippen molar-refractivity contribution in [2.45, 2.75) is 13.8 Å². The van der Waals surface area contributed by atoms with E-state index in [9.17, 15) is 9.59 Å². The van der Waals surface area contributed by atoms with Crippen molar-refractivity contribution in [3.8, 4) is 5.75 Å². The summed E-state index contributed by atoms with van der Waals surface area (Å²) >= 11 is 0. The summed E-state index contributed by atoms with van der Waals surface area (Å²) in [6, 6.07) is 3.59. The van der Waals surface area contributed by atoms with Crippen molar-refractivity contribution in [3.63, 3.8) is 0 Å². The molecule has 0 unspecified atom stereocenters. The summed E-state index contributed by atoms with van der Waals surface area (Å²) in [4.78, 5) is 21.2. The van der Waals surface area contributed by atoms with E-state index in [1.807, 2.05) is 0 Å². The zero-order valence-corrected chi connectivity index (χ0v) is 8.61. The van der Waals surface area contributed by atoms with Crippen molar-refractivity contribution in [2.75, 3.05) is 6.61 Å². The van der Waals surface area contributed by atoms with Gasteiger partial charge in [0.1, 0.15) is 5.75 Å². The van der Waals surface area contributed by atoms with Gasteiger partial charge in [0.25, 0.3) is 0 Å². The van der Waals surface area contributed by atoms with Gasteiger partial charge in [0.2, 0.25) is 0 Å². The summed E-state index contributed by atoms with van der Waals surface area (Å²) in [6.45, 7) is 3.10. The fraction of sp³-hybridized carbons (Fsp3) is 0.273. The summed E-state index contributed by atoms with van der Waals surface area (Å²) in [5.41, 5.74) is 1.94. The zero-order chi connectivity index (χ0) is 11.4. The minimum absolute atomic E-state index is 0.354. The molecule has 0 saturated carbocycles. The van der Waals surface area contributed by atoms with Gasteiger partial charge in [-0.1, -0.05) is 12.1 Å². The molecule has 0 aliphatic heterocycles. The lowest BCUT2D eigenvalue weighted by Gasteiger charge is -2.11. The van der Waals surface area contributed by atoms with Crippen molar-refractivity contribution in [1.82, 2.24) is 0 Å². The number of rotatable bonds is 4. The first kappa shape index (κ1) is 11.2. The molecule has 15 heavy (non-hydrogen) atoms. The van der Waals surface area contributed by atoms with Crippen molar-refractivity contribution in [3.05, 3.63) is 28.8 Å². The Labute approximate surface area is 87.5 Å². The Balaban J connectivity index is 3.07. The molecule has 4 heteroatoms. The van der Waals surface area contributed by atoms with Gasteiger partial charge in [0.15, 0.2) is 12.9 Å². The van der Waals surface area contributed by atoms with Crippen LogP contribution in [-0.2, 0) is 4.79 Å². The van der Waals surface area contributed by atoms with Crippen LogP contribution in [0.15, 0.2) is 12.1 Å². The van der Waals surface area contributed by atoms with E-state index in [2.05, 4.69) is 0 Å². The topological polar surface area (TPSA) is 63.6 Å². The Hall–Kier alpha value is -1.84. The summed E-state index contributed by atoms with van der Waals surface area (Å²) in [5, 5.41) is 8.49. The van der Waals surface area contributed by atoms with Gasteiger partial charge in [-0.3, -0.25) is 4.79 Å². The number of hydrogen-bond donors (Lipinski definition) is 1. The van der Waals surface area contributed by atoms with E-state index in [4.69, 9.17) is 9.84 Å². The summed E-state index contributed by atoms with van der Waals surface area (Å²) in [5.74, 6) is -0.708. The second-order valence-electron chi connectivity index (χ2n) is 3.24. The standard InChI is InChI=1S/C11H12O4/c1-7-3-4-8(2)11(9(7)5-12)15-6-10(13)14/h3-5H,6H2,1-2H3,(H,13,14). The number of carbonyl (C=O) groups excluding carboxylic acids is 1. The van der Waals surface area contributed by atoms with Crippen LogP contribution in [0.2, 0.25) is 0 Å². The summed E-state index contributed by atoms with van der Waals surface area (Å²) in [7, 11) is 0. The predicted octanol–water partition coefficient (Wildman–Crippen LogP) is 1.58. The van der Waals surface area contributed by atoms with Gasteiger partial charge in [0, 0.05) is 0 Å². The van der Waals surface area contributed by atoms with Gasteiger partial charge in [-0.25, -0.2) is 4.79 Å². The normalized spacial score (nSPS) is 9.73. The minimum atomic E-state index is -1.06. The highest BCUT2D eigenvalue weighted by molar-refractivity contribution is 5.82. The third kappa shape index (κ3) is 2.56. The molecule has 0 saturated heterocycles. The highest BCUT2D eigenvalue weighted by atomic mass is 16.5. The highest BCUT2D eigenvalue weighted by Crippen LogP contribution is 2.24. The Bertz CT molecular complexity index is 396. The second kappa shape index (κ2) is 4.59. The zero-order valence-electron chi connectivity index (χ0n) is 8.61. The summed E-state index contributed by atoms with van der Waals surface area (Å²) in [6.07, 6.45) is 0.680. The van der Waals surface area contributed by atoms with E-state index >= 15 is 0 Å². The molecule has 0 heterocycles. The maximum Gasteiger partial charge on any atom is 0.341 e. The van der Waals surface area contributed by atoms with Crippen LogP contribution in [0.25, 0.3) is 0 Å². The molecule has 0 fully saturated rings. The van der Waals surface area contributed by atoms with Crippen LogP contribution >= 0.6 is 0 Å². The van der Waals surface area contributed by atoms with Gasteiger partial charge in [-0.15, -0.1) is 0 Å². The van der Waals surface area contributed by atoms with Crippen LogP contribution in [-0.4, -0.2) is 24.0 Å². The third-order valence-corrected chi connectivity index (χ3v) is 2.07. The lowest BCUT2D eigenvalue weighted by atomic mass is 10.1. The number of aliphatic carboxylic acids is 1. The Morgan fingerprint density at radius 3 is 2.53 bits per heavy atom. The Morgan fingerprint density at radius 1 is 1.40 bits per heavy atom. The van der Waals surface area contributed by atoms with Crippen molar-refractivity contribution < 1.29 is 19.4 Å². The van der Waals surface area contributed by atoms with E-state index in [1.165, 1.54) is 0 Å². The molecule has 1 aromatic rings. The SMILES string of the molecule is Cc1ccc(C)c(OCC(=O)O)c1C=O. The molecule has 0 aliphatic carbocycles. The molecule has 0 radical (unpaired) electrons. The van der Waals surface area contributed by atoms with Crippen LogP contribution in [0.5, 0.6) is 5.75 Å². The number of ether oxygens (including phenoxy) is 1. The van der Waals surface area contributed by atoms with Crippen LogP contribution in [0.1, 0.15) is 21.5 Å². The number of hydrogen-bond acceptors (Lipinski definition) is 3. The van der Waals surface area contributed by atoms with Gasteiger partial charge >= 0.3 is 5.97 Å². The van der Waals surface area contributed by atoms with E-state index in [1.54, 1.807) is 26.0 Å². The monoisotopic (exact) mass is 208 g/mol. The fourth-order valence-corrected chi connectivity index (χ4v) is 1.28. The number of aryl methyl sites for hydroxylation is 2. The molecule has 1 aromatic carbocycles. The molecule has 0 spiro atoms. The molecule has 1 N–H and O–H groups in total. The molecule has 4 nitrogen and oxygen atoms in total. The van der Waals surface area contributed by atoms with Gasteiger partial charge in [-0.05, 0) is 25.0 Å². The van der Waals surface area contributed by atoms with Crippen molar-refractivity contribution in [1.29, 1.82) is 0 Å². The van der Waals surface area contributed by atoms with Crippen molar-refractivity contribution >= 4 is 12.3 Å². The molecule has 0 aliphatic rings. The maximum atomic E-state index is 10.8. The molecular weight excluding hydrogens is 196 g/mol. The average molecular weight is 208 g/mol. The van der Waals surface area contributed by atoms with E-state index in [0.717, 1.165) is 11.1 Å². The lowest BCUT2D eigenvalue weighted by Crippen LogP contribution is -2.11. The lowest BCUT2D eigenvalue weighted by molar-refractivity contribution is -0.139. The van der Waals surface area contributed by atoms with Crippen LogP contribution in [0, 0.1) is 13.8 Å². The third-order valence-electron chi connectivity index (χ3n) is 2.07. The Kier molecular flexibility index (Phi) is 3.44. The smallest absolute Gasteiger partial charge is 0.341 e. The van der Waals surface area contributed by atoms with Gasteiger partial charge < -0.3 is 9.84 Å². The molecule has 0 aromatic heterocycles. The Morgan fingerprint density at radius 2 is 2.00 bits per heavy atom. The first-order valence-electron chi connectivity index (χ1n) is 4.46. The molecule has 0 amide bonds. The quantitative estimate of drug-likeness (QED) is 0.763. The maximum absolute atomic E-state index is 10.8. The van der Waals surface area contributed by atoms with E-state index in [-0.39, 0.29) is 0 Å². The van der Waals surface area contributed by atoms with Crippen LogP contribution in [0.4, 0.5) is 0 Å². The second-order valence-corrected chi connectivity index (χ2v) is 3.24. The number of benzene rings is 1. The first-order chi connectivity index (χ1) is 7.06. The molecule has 80 valence electrons. The molecule has 0 atom stereocenters. The van der Waals surface area contributed by atoms with Crippen LogP contribution in [0.3, 0.4) is 0 Å². The van der Waals surface area contributed by atoms with Gasteiger partial charge in [0.05, 0.1) is 5.56 Å². The number of aldehydes is 1. The first-order valence-corrected chi connectivity index (χ1v) is 4.46. The van der Waals surface area contributed by atoms with Crippen molar-refractivity contribution in [2.24, 2.45) is 0 Å². The number of carboxylic acids is 1. The number of carbonyl (C=O) groups is 2. The molecular formula is C11H12O4.